The number of nitrogens with one attached hydrogen (secondary N) is 1. The summed E-state index contributed by atoms with van der Waals surface area (Å²) in [5.41, 5.74) is 1.57. The zero-order chi connectivity index (χ0) is 14.4. The first kappa shape index (κ1) is 15.0. The summed E-state index contributed by atoms with van der Waals surface area (Å²) < 4.78 is 18.1. The summed E-state index contributed by atoms with van der Waals surface area (Å²) in [5.74, 6) is -0.294. The van der Waals surface area contributed by atoms with Crippen LogP contribution in [0, 0.1) is 5.82 Å². The van der Waals surface area contributed by atoms with Crippen molar-refractivity contribution >= 4 is 11.5 Å². The second-order valence-corrected chi connectivity index (χ2v) is 5.40. The van der Waals surface area contributed by atoms with Crippen LogP contribution in [0.3, 0.4) is 0 Å². The van der Waals surface area contributed by atoms with Gasteiger partial charge in [-0.3, -0.25) is 4.98 Å². The molecule has 108 valence electrons. The Bertz CT molecular complexity index is 543. The number of halogens is 1. The van der Waals surface area contributed by atoms with Crippen LogP contribution in [0.5, 0.6) is 0 Å². The Kier molecular flexibility index (Phi) is 5.55. The molecule has 0 spiro atoms. The van der Waals surface area contributed by atoms with Gasteiger partial charge in [0.05, 0.1) is 22.8 Å². The molecule has 1 unspecified atom stereocenters. The molecule has 0 radical (unpaired) electrons. The highest BCUT2D eigenvalue weighted by Gasteiger charge is 2.22. The van der Waals surface area contributed by atoms with E-state index in [9.17, 15) is 4.39 Å². The average molecular weight is 294 g/mol. The number of aromatic nitrogens is 3. The average Bonchev–Trinajstić information content (AvgIpc) is 2.90. The molecule has 4 nitrogen and oxygen atoms in total. The molecule has 0 saturated heterocycles. The van der Waals surface area contributed by atoms with E-state index in [0.717, 1.165) is 36.4 Å². The Hall–Kier alpha value is -1.40. The fourth-order valence-corrected chi connectivity index (χ4v) is 2.89. The zero-order valence-corrected chi connectivity index (χ0v) is 12.6. The quantitative estimate of drug-likeness (QED) is 0.852. The smallest absolute Gasteiger partial charge is 0.146 e. The summed E-state index contributed by atoms with van der Waals surface area (Å²) in [7, 11) is 0. The lowest BCUT2D eigenvalue weighted by Gasteiger charge is -2.18. The van der Waals surface area contributed by atoms with Crippen LogP contribution in [-0.4, -0.2) is 21.1 Å². The van der Waals surface area contributed by atoms with E-state index >= 15 is 0 Å². The first-order valence-corrected chi connectivity index (χ1v) is 7.69. The van der Waals surface area contributed by atoms with Crippen LogP contribution in [-0.2, 0) is 6.42 Å². The molecule has 1 N–H and O–H groups in total. The maximum Gasteiger partial charge on any atom is 0.146 e. The van der Waals surface area contributed by atoms with Crippen LogP contribution in [0.2, 0.25) is 0 Å². The number of rotatable bonds is 7. The maximum absolute atomic E-state index is 14.0. The zero-order valence-electron chi connectivity index (χ0n) is 11.8. The highest BCUT2D eigenvalue weighted by molar-refractivity contribution is 7.05. The van der Waals surface area contributed by atoms with Gasteiger partial charge in [-0.1, -0.05) is 24.8 Å². The lowest BCUT2D eigenvalue weighted by Crippen LogP contribution is -2.24. The van der Waals surface area contributed by atoms with Crippen molar-refractivity contribution in [1.29, 1.82) is 0 Å². The normalized spacial score (nSPS) is 12.6. The van der Waals surface area contributed by atoms with Gasteiger partial charge in [0.25, 0.3) is 0 Å². The molecule has 0 bridgehead atoms. The lowest BCUT2D eigenvalue weighted by atomic mass is 10.0. The molecular formula is C14H19FN4S. The van der Waals surface area contributed by atoms with E-state index in [1.54, 1.807) is 12.3 Å². The highest BCUT2D eigenvalue weighted by Crippen LogP contribution is 2.29. The number of aryl methyl sites for hydroxylation is 1. The van der Waals surface area contributed by atoms with Crippen LogP contribution in [0.15, 0.2) is 18.5 Å². The molecule has 2 aromatic heterocycles. The minimum Gasteiger partial charge on any atom is -0.305 e. The Labute approximate surface area is 122 Å². The third-order valence-corrected chi connectivity index (χ3v) is 3.88. The Morgan fingerprint density at radius 3 is 2.90 bits per heavy atom. The van der Waals surface area contributed by atoms with E-state index in [4.69, 9.17) is 0 Å². The predicted octanol–water partition coefficient (Wildman–Crippen LogP) is 3.11. The molecule has 0 saturated carbocycles. The maximum atomic E-state index is 14.0. The Morgan fingerprint density at radius 2 is 2.20 bits per heavy atom. The molecule has 0 aliphatic heterocycles. The molecular weight excluding hydrogens is 275 g/mol. The van der Waals surface area contributed by atoms with Gasteiger partial charge in [0.1, 0.15) is 5.82 Å². The molecule has 2 rings (SSSR count). The standard InChI is InChI=1S/C14H19FN4S/c1-3-5-12-14(20-19-18-12)13(17-7-4-2)10-6-8-16-9-11(10)15/h6,8-9,13,17H,3-5,7H2,1-2H3. The minimum atomic E-state index is -0.294. The van der Waals surface area contributed by atoms with Crippen molar-refractivity contribution in [2.24, 2.45) is 0 Å². The van der Waals surface area contributed by atoms with Crippen molar-refractivity contribution < 1.29 is 4.39 Å². The molecule has 2 aromatic rings. The number of nitrogens with zero attached hydrogens (tertiary/aromatic N) is 3. The van der Waals surface area contributed by atoms with Gasteiger partial charge in [-0.15, -0.1) is 5.10 Å². The van der Waals surface area contributed by atoms with Crippen molar-refractivity contribution in [1.82, 2.24) is 19.9 Å². The first-order valence-electron chi connectivity index (χ1n) is 6.91. The fourth-order valence-electron chi connectivity index (χ4n) is 2.10. The monoisotopic (exact) mass is 294 g/mol. The number of pyridine rings is 1. The summed E-state index contributed by atoms with van der Waals surface area (Å²) in [4.78, 5) is 4.82. The number of hydrogen-bond acceptors (Lipinski definition) is 5. The van der Waals surface area contributed by atoms with E-state index < -0.39 is 0 Å². The van der Waals surface area contributed by atoms with Crippen molar-refractivity contribution in [2.75, 3.05) is 6.54 Å². The van der Waals surface area contributed by atoms with Gasteiger partial charge < -0.3 is 5.32 Å². The van der Waals surface area contributed by atoms with Crippen LogP contribution in [0.4, 0.5) is 4.39 Å². The molecule has 6 heteroatoms. The van der Waals surface area contributed by atoms with Crippen LogP contribution >= 0.6 is 11.5 Å². The number of hydrogen-bond donors (Lipinski definition) is 1. The van der Waals surface area contributed by atoms with Crippen molar-refractivity contribution in [3.8, 4) is 0 Å². The molecule has 0 aliphatic carbocycles. The van der Waals surface area contributed by atoms with Gasteiger partial charge in [0.15, 0.2) is 0 Å². The van der Waals surface area contributed by atoms with Gasteiger partial charge in [-0.25, -0.2) is 4.39 Å². The first-order chi connectivity index (χ1) is 9.77. The molecule has 0 aliphatic rings. The lowest BCUT2D eigenvalue weighted by molar-refractivity contribution is 0.544. The second-order valence-electron chi connectivity index (χ2n) is 4.62. The Morgan fingerprint density at radius 1 is 1.35 bits per heavy atom. The van der Waals surface area contributed by atoms with Gasteiger partial charge >= 0.3 is 0 Å². The largest absolute Gasteiger partial charge is 0.305 e. The van der Waals surface area contributed by atoms with Gasteiger partial charge in [-0.05, 0) is 37.0 Å². The van der Waals surface area contributed by atoms with E-state index in [-0.39, 0.29) is 11.9 Å². The summed E-state index contributed by atoms with van der Waals surface area (Å²) in [6, 6.07) is 1.53. The molecule has 0 fully saturated rings. The topological polar surface area (TPSA) is 50.7 Å². The third-order valence-electron chi connectivity index (χ3n) is 3.05. The van der Waals surface area contributed by atoms with Crippen LogP contribution in [0.25, 0.3) is 0 Å². The SMILES string of the molecule is CCCNC(c1ccncc1F)c1snnc1CCC. The molecule has 20 heavy (non-hydrogen) atoms. The van der Waals surface area contributed by atoms with Gasteiger partial charge in [-0.2, -0.15) is 0 Å². The second kappa shape index (κ2) is 7.40. The minimum absolute atomic E-state index is 0.195. The van der Waals surface area contributed by atoms with Crippen molar-refractivity contribution in [2.45, 2.75) is 39.2 Å². The predicted molar refractivity (Wildman–Crippen MR) is 78.2 cm³/mol. The van der Waals surface area contributed by atoms with Gasteiger partial charge in [0, 0.05) is 11.8 Å². The summed E-state index contributed by atoms with van der Waals surface area (Å²) in [6.07, 6.45) is 5.72. The summed E-state index contributed by atoms with van der Waals surface area (Å²) in [6.45, 7) is 5.01. The van der Waals surface area contributed by atoms with Crippen LogP contribution < -0.4 is 5.32 Å². The third kappa shape index (κ3) is 3.37. The molecule has 1 atom stereocenters. The molecule has 0 aromatic carbocycles. The molecule has 2 heterocycles. The molecule has 0 amide bonds. The van der Waals surface area contributed by atoms with Gasteiger partial charge in [0.2, 0.25) is 0 Å². The van der Waals surface area contributed by atoms with E-state index in [1.165, 1.54) is 17.7 Å². The van der Waals surface area contributed by atoms with E-state index in [1.807, 2.05) is 0 Å². The van der Waals surface area contributed by atoms with Crippen LogP contribution in [0.1, 0.15) is 48.9 Å². The van der Waals surface area contributed by atoms with E-state index in [2.05, 4.69) is 33.7 Å². The van der Waals surface area contributed by atoms with E-state index in [0.29, 0.717) is 5.56 Å². The van der Waals surface area contributed by atoms with Crippen molar-refractivity contribution in [3.05, 3.63) is 40.4 Å². The van der Waals surface area contributed by atoms with Crippen molar-refractivity contribution in [3.63, 3.8) is 0 Å². The fraction of sp³-hybridized carbons (Fsp3) is 0.500. The highest BCUT2D eigenvalue weighted by atomic mass is 32.1. The summed E-state index contributed by atoms with van der Waals surface area (Å²) in [5, 5.41) is 7.57. The summed E-state index contributed by atoms with van der Waals surface area (Å²) >= 11 is 1.34. The Balaban J connectivity index is 2.37.